The summed E-state index contributed by atoms with van der Waals surface area (Å²) in [5.41, 5.74) is 4.99. The van der Waals surface area contributed by atoms with Crippen molar-refractivity contribution in [3.63, 3.8) is 0 Å². The van der Waals surface area contributed by atoms with Gasteiger partial charge in [-0.3, -0.25) is 0 Å². The van der Waals surface area contributed by atoms with Gasteiger partial charge >= 0.3 is 0 Å². The second-order valence-corrected chi connectivity index (χ2v) is 17.9. The van der Waals surface area contributed by atoms with Crippen LogP contribution in [0.3, 0.4) is 0 Å². The van der Waals surface area contributed by atoms with E-state index in [0.29, 0.717) is 33.0 Å². The van der Waals surface area contributed by atoms with Crippen molar-refractivity contribution in [1.82, 2.24) is 5.32 Å². The third-order valence-electron chi connectivity index (χ3n) is 8.69. The molecule has 1 aliphatic carbocycles. The molecule has 0 amide bonds. The van der Waals surface area contributed by atoms with Gasteiger partial charge in [0.2, 0.25) is 0 Å². The summed E-state index contributed by atoms with van der Waals surface area (Å²) in [7, 11) is -1.84. The highest BCUT2D eigenvalue weighted by molar-refractivity contribution is 6.74. The molecule has 1 unspecified atom stereocenters. The fourth-order valence-electron chi connectivity index (χ4n) is 5.20. The molecule has 0 spiro atoms. The summed E-state index contributed by atoms with van der Waals surface area (Å²) in [6.45, 7) is 15.5. The Hall–Kier alpha value is -2.54. The first-order valence-corrected chi connectivity index (χ1v) is 17.9. The lowest BCUT2D eigenvalue weighted by atomic mass is 9.87. The van der Waals surface area contributed by atoms with Gasteiger partial charge in [-0.2, -0.15) is 0 Å². The molecule has 0 aromatic heterocycles. The van der Waals surface area contributed by atoms with E-state index in [2.05, 4.69) is 124 Å². The number of rotatable bonds is 14. The summed E-state index contributed by atoms with van der Waals surface area (Å²) >= 11 is 0. The van der Waals surface area contributed by atoms with Crippen molar-refractivity contribution in [3.05, 3.63) is 119 Å². The lowest BCUT2D eigenvalue weighted by molar-refractivity contribution is -0.0297. The maximum Gasteiger partial charge on any atom is 0.192 e. The van der Waals surface area contributed by atoms with E-state index in [4.69, 9.17) is 13.9 Å². The summed E-state index contributed by atoms with van der Waals surface area (Å²) < 4.78 is 19.4. The summed E-state index contributed by atoms with van der Waals surface area (Å²) in [6, 6.07) is 31.8. The fourth-order valence-corrected chi connectivity index (χ4v) is 6.13. The van der Waals surface area contributed by atoms with Gasteiger partial charge in [-0.15, -0.1) is 0 Å². The molecule has 3 aromatic carbocycles. The molecule has 1 N–H and O–H groups in total. The highest BCUT2D eigenvalue weighted by atomic mass is 28.4. The minimum atomic E-state index is -1.84. The monoisotopic (exact) mass is 571 g/mol. The molecule has 3 aromatic rings. The van der Waals surface area contributed by atoms with Gasteiger partial charge < -0.3 is 19.2 Å². The molecule has 0 radical (unpaired) electrons. The van der Waals surface area contributed by atoms with Gasteiger partial charge in [-0.25, -0.2) is 0 Å². The lowest BCUT2D eigenvalue weighted by Crippen LogP contribution is -2.40. The zero-order valence-corrected chi connectivity index (χ0v) is 26.7. The smallest absolute Gasteiger partial charge is 0.192 e. The maximum atomic E-state index is 6.59. The Labute approximate surface area is 249 Å². The second kappa shape index (κ2) is 14.6. The Morgan fingerprint density at radius 2 is 1.27 bits per heavy atom. The molecule has 1 atom stereocenters. The summed E-state index contributed by atoms with van der Waals surface area (Å²) in [5.74, 6) is 0. The van der Waals surface area contributed by atoms with Crippen molar-refractivity contribution < 1.29 is 13.9 Å². The molecular formula is C36H49NO3Si. The van der Waals surface area contributed by atoms with Crippen LogP contribution in [0.2, 0.25) is 18.1 Å². The summed E-state index contributed by atoms with van der Waals surface area (Å²) in [6.07, 6.45) is 4.25. The quantitative estimate of drug-likeness (QED) is 0.156. The molecule has 4 rings (SSSR count). The number of hydrogen-bond acceptors (Lipinski definition) is 4. The largest absolute Gasteiger partial charge is 0.413 e. The molecular weight excluding hydrogens is 522 g/mol. The molecule has 1 aliphatic rings. The highest BCUT2D eigenvalue weighted by Crippen LogP contribution is 2.43. The van der Waals surface area contributed by atoms with Crippen molar-refractivity contribution in [2.45, 2.75) is 77.5 Å². The fraction of sp³-hybridized carbons (Fsp3) is 0.444. The molecule has 4 nitrogen and oxygen atoms in total. The molecule has 5 heteroatoms. The molecule has 1 saturated carbocycles. The van der Waals surface area contributed by atoms with E-state index in [1.165, 1.54) is 22.3 Å². The van der Waals surface area contributed by atoms with E-state index >= 15 is 0 Å². The standard InChI is InChI=1S/C36H49NO3Si/c1-35(2,3)41(4,5)40-22-21-33-23-36(28-38-26-31-17-11-7-12-18-31,29-39-27-32-19-13-8-14-20-32)24-34(33)37-25-30-15-9-6-10-16-30/h6-21,34,37H,22-29H2,1-5H3/b33-21-. The van der Waals surface area contributed by atoms with Crippen molar-refractivity contribution in [1.29, 1.82) is 0 Å². The summed E-state index contributed by atoms with van der Waals surface area (Å²) in [5, 5.41) is 4.06. The maximum absolute atomic E-state index is 6.59. The van der Waals surface area contributed by atoms with Crippen LogP contribution in [-0.2, 0) is 33.7 Å². The Balaban J connectivity index is 1.51. The normalized spacial score (nSPS) is 18.2. The van der Waals surface area contributed by atoms with Crippen LogP contribution in [-0.4, -0.2) is 34.2 Å². The van der Waals surface area contributed by atoms with Gasteiger partial charge in [0, 0.05) is 18.0 Å². The minimum Gasteiger partial charge on any atom is -0.413 e. The van der Waals surface area contributed by atoms with Crippen LogP contribution in [0.1, 0.15) is 50.3 Å². The van der Waals surface area contributed by atoms with Gasteiger partial charge in [-0.05, 0) is 47.7 Å². The van der Waals surface area contributed by atoms with E-state index in [9.17, 15) is 0 Å². The first-order chi connectivity index (χ1) is 19.7. The number of ether oxygens (including phenoxy) is 2. The zero-order valence-electron chi connectivity index (χ0n) is 25.7. The van der Waals surface area contributed by atoms with Crippen LogP contribution in [0, 0.1) is 5.41 Å². The molecule has 0 heterocycles. The van der Waals surface area contributed by atoms with E-state index in [1.807, 2.05) is 12.1 Å². The number of hydrogen-bond donors (Lipinski definition) is 1. The highest BCUT2D eigenvalue weighted by Gasteiger charge is 2.43. The van der Waals surface area contributed by atoms with Gasteiger partial charge in [-0.1, -0.05) is 123 Å². The topological polar surface area (TPSA) is 39.7 Å². The van der Waals surface area contributed by atoms with E-state index < -0.39 is 8.32 Å². The number of benzene rings is 3. The summed E-state index contributed by atoms with van der Waals surface area (Å²) in [4.78, 5) is 0. The SMILES string of the molecule is CC(C)(C)[Si](C)(C)OC/C=C1/CC(COCc2ccccc2)(COCc2ccccc2)CC1NCc1ccccc1. The molecule has 1 fully saturated rings. The second-order valence-electron chi connectivity index (χ2n) is 13.1. The molecule has 0 saturated heterocycles. The van der Waals surface area contributed by atoms with Crippen LogP contribution in [0.4, 0.5) is 0 Å². The van der Waals surface area contributed by atoms with Crippen molar-refractivity contribution in [2.24, 2.45) is 5.41 Å². The zero-order chi connectivity index (χ0) is 29.2. The first kappa shape index (κ1) is 31.4. The Morgan fingerprint density at radius 3 is 1.76 bits per heavy atom. The van der Waals surface area contributed by atoms with Crippen molar-refractivity contribution in [3.8, 4) is 0 Å². The van der Waals surface area contributed by atoms with E-state index in [1.54, 1.807) is 0 Å². The van der Waals surface area contributed by atoms with Crippen LogP contribution < -0.4 is 5.32 Å². The van der Waals surface area contributed by atoms with Gasteiger partial charge in [0.05, 0.1) is 33.0 Å². The van der Waals surface area contributed by atoms with Crippen LogP contribution in [0.15, 0.2) is 103 Å². The molecule has 220 valence electrons. The Bertz CT molecular complexity index is 1160. The van der Waals surface area contributed by atoms with Gasteiger partial charge in [0.25, 0.3) is 0 Å². The predicted molar refractivity (Wildman–Crippen MR) is 172 cm³/mol. The molecule has 41 heavy (non-hydrogen) atoms. The van der Waals surface area contributed by atoms with Crippen LogP contribution in [0.25, 0.3) is 0 Å². The molecule has 0 bridgehead atoms. The van der Waals surface area contributed by atoms with Gasteiger partial charge in [0.15, 0.2) is 8.32 Å². The lowest BCUT2D eigenvalue weighted by Gasteiger charge is -2.35. The van der Waals surface area contributed by atoms with E-state index in [-0.39, 0.29) is 16.5 Å². The third-order valence-corrected chi connectivity index (χ3v) is 13.2. The Kier molecular flexibility index (Phi) is 11.2. The van der Waals surface area contributed by atoms with Gasteiger partial charge in [0.1, 0.15) is 0 Å². The van der Waals surface area contributed by atoms with Crippen molar-refractivity contribution in [2.75, 3.05) is 19.8 Å². The third kappa shape index (κ3) is 9.49. The van der Waals surface area contributed by atoms with Crippen LogP contribution >= 0.6 is 0 Å². The average Bonchev–Trinajstić information content (AvgIpc) is 3.30. The Morgan fingerprint density at radius 1 is 0.780 bits per heavy atom. The minimum absolute atomic E-state index is 0.110. The van der Waals surface area contributed by atoms with Crippen molar-refractivity contribution >= 4 is 8.32 Å². The molecule has 0 aliphatic heterocycles. The van der Waals surface area contributed by atoms with Crippen LogP contribution in [0.5, 0.6) is 0 Å². The average molecular weight is 572 g/mol. The van der Waals surface area contributed by atoms with E-state index in [0.717, 1.165) is 19.4 Å². The first-order valence-electron chi connectivity index (χ1n) is 15.0. The number of nitrogens with one attached hydrogen (secondary N) is 1. The predicted octanol–water partition coefficient (Wildman–Crippen LogP) is 8.31.